The summed E-state index contributed by atoms with van der Waals surface area (Å²) in [6.45, 7) is 6.91. The molecule has 6 heteroatoms. The SMILES string of the molecule is CC(C)Cc1nsc(N2CCOC(c3ccsc3)C2)n1. The van der Waals surface area contributed by atoms with Crippen molar-refractivity contribution in [2.24, 2.45) is 5.92 Å². The second-order valence-electron chi connectivity index (χ2n) is 5.45. The van der Waals surface area contributed by atoms with Crippen LogP contribution in [0.3, 0.4) is 0 Å². The van der Waals surface area contributed by atoms with Crippen LogP contribution in [0.5, 0.6) is 0 Å². The van der Waals surface area contributed by atoms with E-state index in [-0.39, 0.29) is 6.10 Å². The van der Waals surface area contributed by atoms with Gasteiger partial charge in [-0.2, -0.15) is 15.7 Å². The fourth-order valence-electron chi connectivity index (χ4n) is 2.30. The highest BCUT2D eigenvalue weighted by atomic mass is 32.1. The molecule has 3 heterocycles. The Hall–Kier alpha value is -0.980. The van der Waals surface area contributed by atoms with Crippen LogP contribution in [-0.2, 0) is 11.2 Å². The monoisotopic (exact) mass is 309 g/mol. The minimum Gasteiger partial charge on any atom is -0.370 e. The summed E-state index contributed by atoms with van der Waals surface area (Å²) < 4.78 is 10.3. The molecule has 1 unspecified atom stereocenters. The first-order valence-corrected chi connectivity index (χ1v) is 8.65. The predicted octanol–water partition coefficient (Wildman–Crippen LogP) is 3.38. The summed E-state index contributed by atoms with van der Waals surface area (Å²) in [5.41, 5.74) is 1.27. The number of ether oxygens (including phenoxy) is 1. The van der Waals surface area contributed by atoms with Gasteiger partial charge in [-0.1, -0.05) is 13.8 Å². The Morgan fingerprint density at radius 1 is 1.50 bits per heavy atom. The lowest BCUT2D eigenvalue weighted by Crippen LogP contribution is -2.38. The van der Waals surface area contributed by atoms with Gasteiger partial charge in [0.15, 0.2) is 0 Å². The lowest BCUT2D eigenvalue weighted by atomic mass is 10.1. The van der Waals surface area contributed by atoms with Crippen LogP contribution in [0, 0.1) is 5.92 Å². The van der Waals surface area contributed by atoms with Crippen molar-refractivity contribution >= 4 is 28.0 Å². The molecule has 0 N–H and O–H groups in total. The topological polar surface area (TPSA) is 38.2 Å². The molecule has 0 saturated carbocycles. The molecule has 0 amide bonds. The minimum atomic E-state index is 0.160. The second kappa shape index (κ2) is 6.20. The molecule has 4 nitrogen and oxygen atoms in total. The molecule has 0 aromatic carbocycles. The van der Waals surface area contributed by atoms with Crippen molar-refractivity contribution in [1.29, 1.82) is 0 Å². The van der Waals surface area contributed by atoms with E-state index >= 15 is 0 Å². The van der Waals surface area contributed by atoms with Crippen LogP contribution in [0.4, 0.5) is 5.13 Å². The van der Waals surface area contributed by atoms with Gasteiger partial charge in [0.2, 0.25) is 5.13 Å². The molecule has 1 fully saturated rings. The van der Waals surface area contributed by atoms with E-state index in [1.54, 1.807) is 11.3 Å². The average molecular weight is 309 g/mol. The Balaban J connectivity index is 1.69. The Morgan fingerprint density at radius 3 is 3.15 bits per heavy atom. The highest BCUT2D eigenvalue weighted by molar-refractivity contribution is 7.09. The van der Waals surface area contributed by atoms with Crippen LogP contribution in [0.25, 0.3) is 0 Å². The Kier molecular flexibility index (Phi) is 4.33. The summed E-state index contributed by atoms with van der Waals surface area (Å²) in [6.07, 6.45) is 1.11. The molecule has 0 spiro atoms. The highest BCUT2D eigenvalue weighted by Gasteiger charge is 2.24. The standard InChI is InChI=1S/C14H19N3OS2/c1-10(2)7-13-15-14(20-16-13)17-4-5-18-12(8-17)11-3-6-19-9-11/h3,6,9-10,12H,4-5,7-8H2,1-2H3. The summed E-state index contributed by atoms with van der Waals surface area (Å²) in [4.78, 5) is 6.97. The van der Waals surface area contributed by atoms with Gasteiger partial charge in [0.25, 0.3) is 0 Å². The summed E-state index contributed by atoms with van der Waals surface area (Å²) in [7, 11) is 0. The van der Waals surface area contributed by atoms with Gasteiger partial charge < -0.3 is 9.64 Å². The van der Waals surface area contributed by atoms with Crippen LogP contribution in [0.2, 0.25) is 0 Å². The molecule has 108 valence electrons. The van der Waals surface area contributed by atoms with E-state index < -0.39 is 0 Å². The normalized spacial score (nSPS) is 19.8. The third-order valence-corrected chi connectivity index (χ3v) is 4.82. The maximum Gasteiger partial charge on any atom is 0.205 e. The molecule has 2 aromatic heterocycles. The Bertz CT molecular complexity index is 538. The Morgan fingerprint density at radius 2 is 2.40 bits per heavy atom. The molecule has 0 aliphatic carbocycles. The quantitative estimate of drug-likeness (QED) is 0.868. The largest absolute Gasteiger partial charge is 0.370 e. The third kappa shape index (κ3) is 3.19. The van der Waals surface area contributed by atoms with Crippen molar-refractivity contribution < 1.29 is 4.74 Å². The van der Waals surface area contributed by atoms with Gasteiger partial charge in [0, 0.05) is 24.5 Å². The van der Waals surface area contributed by atoms with Crippen LogP contribution in [-0.4, -0.2) is 29.1 Å². The van der Waals surface area contributed by atoms with Crippen molar-refractivity contribution in [3.63, 3.8) is 0 Å². The lowest BCUT2D eigenvalue weighted by molar-refractivity contribution is 0.0400. The summed E-state index contributed by atoms with van der Waals surface area (Å²) in [5.74, 6) is 1.57. The predicted molar refractivity (Wildman–Crippen MR) is 83.7 cm³/mol. The van der Waals surface area contributed by atoms with Gasteiger partial charge in [-0.05, 0) is 28.3 Å². The lowest BCUT2D eigenvalue weighted by Gasteiger charge is -2.32. The minimum absolute atomic E-state index is 0.160. The van der Waals surface area contributed by atoms with E-state index in [4.69, 9.17) is 4.74 Å². The van der Waals surface area contributed by atoms with Crippen LogP contribution >= 0.6 is 22.9 Å². The van der Waals surface area contributed by atoms with Crippen LogP contribution in [0.15, 0.2) is 16.8 Å². The van der Waals surface area contributed by atoms with Gasteiger partial charge in [-0.25, -0.2) is 4.98 Å². The number of hydrogen-bond acceptors (Lipinski definition) is 6. The third-order valence-electron chi connectivity index (χ3n) is 3.30. The van der Waals surface area contributed by atoms with Crippen LogP contribution in [0.1, 0.15) is 31.3 Å². The van der Waals surface area contributed by atoms with E-state index in [2.05, 4.69) is 44.9 Å². The summed E-state index contributed by atoms with van der Waals surface area (Å²) in [6, 6.07) is 2.14. The molecular formula is C14H19N3OS2. The molecule has 1 aliphatic heterocycles. The van der Waals surface area contributed by atoms with Crippen molar-refractivity contribution in [3.8, 4) is 0 Å². The molecule has 1 aliphatic rings. The van der Waals surface area contributed by atoms with Crippen LogP contribution < -0.4 is 4.90 Å². The molecule has 1 atom stereocenters. The first-order valence-electron chi connectivity index (χ1n) is 6.93. The van der Waals surface area contributed by atoms with Gasteiger partial charge >= 0.3 is 0 Å². The molecule has 3 rings (SSSR count). The number of hydrogen-bond donors (Lipinski definition) is 0. The number of anilines is 1. The number of rotatable bonds is 4. The molecule has 0 radical (unpaired) electrons. The van der Waals surface area contributed by atoms with Gasteiger partial charge in [0.05, 0.1) is 13.2 Å². The fourth-order valence-corrected chi connectivity index (χ4v) is 3.74. The fraction of sp³-hybridized carbons (Fsp3) is 0.571. The molecule has 1 saturated heterocycles. The average Bonchev–Trinajstić information content (AvgIpc) is 3.09. The van der Waals surface area contributed by atoms with E-state index in [9.17, 15) is 0 Å². The molecule has 2 aromatic rings. The smallest absolute Gasteiger partial charge is 0.205 e. The number of nitrogens with zero attached hydrogens (tertiary/aromatic N) is 3. The zero-order valence-corrected chi connectivity index (χ0v) is 13.4. The number of aromatic nitrogens is 2. The van der Waals surface area contributed by atoms with Crippen molar-refractivity contribution in [2.45, 2.75) is 26.4 Å². The highest BCUT2D eigenvalue weighted by Crippen LogP contribution is 2.28. The Labute approximate surface area is 127 Å². The van der Waals surface area contributed by atoms with E-state index in [0.717, 1.165) is 37.1 Å². The van der Waals surface area contributed by atoms with E-state index in [1.807, 2.05) is 0 Å². The van der Waals surface area contributed by atoms with Gasteiger partial charge in [-0.3, -0.25) is 0 Å². The zero-order chi connectivity index (χ0) is 13.9. The van der Waals surface area contributed by atoms with Crippen molar-refractivity contribution in [1.82, 2.24) is 9.36 Å². The van der Waals surface area contributed by atoms with Gasteiger partial charge in [-0.15, -0.1) is 0 Å². The second-order valence-corrected chi connectivity index (χ2v) is 6.96. The molecule has 0 bridgehead atoms. The van der Waals surface area contributed by atoms with Crippen molar-refractivity contribution in [3.05, 3.63) is 28.2 Å². The van der Waals surface area contributed by atoms with E-state index in [1.165, 1.54) is 17.1 Å². The van der Waals surface area contributed by atoms with E-state index in [0.29, 0.717) is 5.92 Å². The van der Waals surface area contributed by atoms with Crippen molar-refractivity contribution in [2.75, 3.05) is 24.6 Å². The molecule has 20 heavy (non-hydrogen) atoms. The zero-order valence-electron chi connectivity index (χ0n) is 11.8. The first kappa shape index (κ1) is 14.0. The maximum absolute atomic E-state index is 5.87. The number of morpholine rings is 1. The first-order chi connectivity index (χ1) is 9.72. The maximum atomic E-state index is 5.87. The molecular weight excluding hydrogens is 290 g/mol. The number of thiophene rings is 1. The summed E-state index contributed by atoms with van der Waals surface area (Å²) >= 11 is 3.23. The van der Waals surface area contributed by atoms with Gasteiger partial charge in [0.1, 0.15) is 11.9 Å². The summed E-state index contributed by atoms with van der Waals surface area (Å²) in [5, 5.41) is 5.30.